The summed E-state index contributed by atoms with van der Waals surface area (Å²) in [5.41, 5.74) is 0.210. The molecule has 0 saturated carbocycles. The molecule has 0 aliphatic carbocycles. The third-order valence-electron chi connectivity index (χ3n) is 2.24. The first-order chi connectivity index (χ1) is 9.51. The molecule has 0 saturated heterocycles. The normalized spacial score (nSPS) is 11.2. The predicted molar refractivity (Wildman–Crippen MR) is 66.3 cm³/mol. The van der Waals surface area contributed by atoms with Crippen LogP contribution in [0.4, 0.5) is 9.18 Å². The lowest BCUT2D eigenvalue weighted by Crippen LogP contribution is -2.21. The molecule has 0 spiro atoms. The summed E-state index contributed by atoms with van der Waals surface area (Å²) in [7, 11) is 2.93. The largest absolute Gasteiger partial charge is 0.435 e. The van der Waals surface area contributed by atoms with Crippen molar-refractivity contribution in [3.8, 4) is 6.07 Å². The minimum absolute atomic E-state index is 0.153. The van der Waals surface area contributed by atoms with Gasteiger partial charge in [0.05, 0.1) is 0 Å². The lowest BCUT2D eigenvalue weighted by atomic mass is 10.3. The number of amides is 1. The van der Waals surface area contributed by atoms with Crippen LogP contribution in [0.2, 0.25) is 0 Å². The third kappa shape index (κ3) is 2.72. The second-order valence-electron chi connectivity index (χ2n) is 3.93. The van der Waals surface area contributed by atoms with Gasteiger partial charge in [0.25, 0.3) is 5.89 Å². The fourth-order valence-corrected chi connectivity index (χ4v) is 1.27. The Balaban J connectivity index is 2.32. The molecule has 0 bridgehead atoms. The molecular formula is C12H9FN4O3. The molecule has 7 nitrogen and oxygen atoms in total. The van der Waals surface area contributed by atoms with Crippen molar-refractivity contribution < 1.29 is 18.4 Å². The van der Waals surface area contributed by atoms with Crippen molar-refractivity contribution in [2.24, 2.45) is 5.16 Å². The molecule has 0 fully saturated rings. The predicted octanol–water partition coefficient (Wildman–Crippen LogP) is 1.89. The van der Waals surface area contributed by atoms with Gasteiger partial charge >= 0.3 is 6.09 Å². The number of oxazole rings is 1. The highest BCUT2D eigenvalue weighted by atomic mass is 19.1. The molecule has 20 heavy (non-hydrogen) atoms. The molecule has 102 valence electrons. The van der Waals surface area contributed by atoms with Crippen LogP contribution in [0.25, 0.3) is 11.1 Å². The van der Waals surface area contributed by atoms with Crippen LogP contribution in [0.1, 0.15) is 5.89 Å². The highest BCUT2D eigenvalue weighted by Gasteiger charge is 2.15. The van der Waals surface area contributed by atoms with Crippen LogP contribution < -0.4 is 0 Å². The zero-order valence-corrected chi connectivity index (χ0v) is 10.6. The van der Waals surface area contributed by atoms with E-state index >= 15 is 0 Å². The van der Waals surface area contributed by atoms with Gasteiger partial charge in [-0.2, -0.15) is 5.26 Å². The van der Waals surface area contributed by atoms with Crippen LogP contribution in [0, 0.1) is 17.1 Å². The van der Waals surface area contributed by atoms with Crippen molar-refractivity contribution >= 4 is 22.9 Å². The summed E-state index contributed by atoms with van der Waals surface area (Å²) >= 11 is 0. The molecule has 1 aromatic heterocycles. The van der Waals surface area contributed by atoms with Crippen molar-refractivity contribution in [1.29, 1.82) is 5.26 Å². The van der Waals surface area contributed by atoms with Gasteiger partial charge in [-0.25, -0.2) is 14.2 Å². The summed E-state index contributed by atoms with van der Waals surface area (Å²) in [6.07, 6.45) is -0.750. The molecule has 1 heterocycles. The van der Waals surface area contributed by atoms with Crippen LogP contribution in [-0.2, 0) is 4.84 Å². The Bertz CT molecular complexity index is 730. The van der Waals surface area contributed by atoms with Gasteiger partial charge in [-0.15, -0.1) is 0 Å². The molecule has 2 aromatic rings. The average Bonchev–Trinajstić information content (AvgIpc) is 2.81. The molecule has 0 aliphatic heterocycles. The molecule has 1 amide bonds. The molecule has 0 unspecified atom stereocenters. The minimum atomic E-state index is -0.750. The maximum atomic E-state index is 13.0. The van der Waals surface area contributed by atoms with Crippen molar-refractivity contribution in [3.63, 3.8) is 0 Å². The highest BCUT2D eigenvalue weighted by Crippen LogP contribution is 2.17. The summed E-state index contributed by atoms with van der Waals surface area (Å²) in [4.78, 5) is 20.8. The fraction of sp³-hybridized carbons (Fsp3) is 0.167. The number of benzene rings is 1. The van der Waals surface area contributed by atoms with Crippen LogP contribution in [-0.4, -0.2) is 35.8 Å². The molecular weight excluding hydrogens is 267 g/mol. The summed E-state index contributed by atoms with van der Waals surface area (Å²) < 4.78 is 18.2. The fourth-order valence-electron chi connectivity index (χ4n) is 1.27. The summed E-state index contributed by atoms with van der Waals surface area (Å²) in [6.45, 7) is 0. The number of carbonyl (C=O) groups is 1. The van der Waals surface area contributed by atoms with Crippen molar-refractivity contribution in [2.75, 3.05) is 14.1 Å². The van der Waals surface area contributed by atoms with E-state index in [0.717, 1.165) is 11.0 Å². The molecule has 0 aliphatic rings. The van der Waals surface area contributed by atoms with Gasteiger partial charge in [-0.05, 0) is 12.1 Å². The minimum Gasteiger partial charge on any atom is -0.434 e. The zero-order valence-electron chi connectivity index (χ0n) is 10.6. The van der Waals surface area contributed by atoms with E-state index in [4.69, 9.17) is 9.68 Å². The molecule has 1 aromatic carbocycles. The van der Waals surface area contributed by atoms with Gasteiger partial charge in [0.2, 0.25) is 5.71 Å². The number of nitrogens with zero attached hydrogens (tertiary/aromatic N) is 4. The molecule has 0 atom stereocenters. The second-order valence-corrected chi connectivity index (χ2v) is 3.93. The maximum Gasteiger partial charge on any atom is 0.435 e. The first-order valence-corrected chi connectivity index (χ1v) is 5.44. The van der Waals surface area contributed by atoms with Gasteiger partial charge in [0, 0.05) is 20.2 Å². The van der Waals surface area contributed by atoms with E-state index in [1.807, 2.05) is 0 Å². The van der Waals surface area contributed by atoms with Crippen molar-refractivity contribution in [3.05, 3.63) is 29.9 Å². The smallest absolute Gasteiger partial charge is 0.434 e. The lowest BCUT2D eigenvalue weighted by Gasteiger charge is -2.05. The summed E-state index contributed by atoms with van der Waals surface area (Å²) in [5, 5.41) is 12.3. The first-order valence-electron chi connectivity index (χ1n) is 5.44. The molecule has 0 N–H and O–H groups in total. The molecule has 8 heteroatoms. The van der Waals surface area contributed by atoms with E-state index in [2.05, 4.69) is 15.0 Å². The van der Waals surface area contributed by atoms with Crippen LogP contribution in [0.3, 0.4) is 0 Å². The summed E-state index contributed by atoms with van der Waals surface area (Å²) in [6, 6.07) is 5.44. The Hall–Kier alpha value is -2.95. The monoisotopic (exact) mass is 276 g/mol. The van der Waals surface area contributed by atoms with E-state index < -0.39 is 11.9 Å². The van der Waals surface area contributed by atoms with Crippen LogP contribution in [0.15, 0.2) is 27.8 Å². The van der Waals surface area contributed by atoms with Gasteiger partial charge < -0.3 is 9.32 Å². The van der Waals surface area contributed by atoms with E-state index in [9.17, 15) is 9.18 Å². The number of rotatable bonds is 2. The number of nitriles is 1. The molecule has 0 radical (unpaired) electrons. The van der Waals surface area contributed by atoms with Crippen LogP contribution >= 0.6 is 0 Å². The maximum absolute atomic E-state index is 13.0. The Morgan fingerprint density at radius 1 is 1.55 bits per heavy atom. The average molecular weight is 276 g/mol. The van der Waals surface area contributed by atoms with Gasteiger partial charge in [0.1, 0.15) is 17.4 Å². The standard InChI is InChI=1S/C12H9FN4O3/c1-17(2)12(18)20-16-9(6-14)11-15-8-4-3-7(13)5-10(8)19-11/h3-5H,1-2H3/b16-9+. The summed E-state index contributed by atoms with van der Waals surface area (Å²) in [5.74, 6) is -0.644. The second kappa shape index (κ2) is 5.36. The Labute approximate surface area is 112 Å². The lowest BCUT2D eigenvalue weighted by molar-refractivity contribution is 0.122. The first kappa shape index (κ1) is 13.5. The van der Waals surface area contributed by atoms with Gasteiger partial charge in [-0.3, -0.25) is 4.84 Å². The Kier molecular flexibility index (Phi) is 3.61. The quantitative estimate of drug-likeness (QED) is 0.474. The number of fused-ring (bicyclic) bond motifs is 1. The number of hydrogen-bond donors (Lipinski definition) is 0. The van der Waals surface area contributed by atoms with Gasteiger partial charge in [-0.1, -0.05) is 5.16 Å². The van der Waals surface area contributed by atoms with E-state index in [-0.39, 0.29) is 17.2 Å². The van der Waals surface area contributed by atoms with Crippen molar-refractivity contribution in [1.82, 2.24) is 9.88 Å². The van der Waals surface area contributed by atoms with Crippen molar-refractivity contribution in [2.45, 2.75) is 0 Å². The van der Waals surface area contributed by atoms with Crippen LogP contribution in [0.5, 0.6) is 0 Å². The van der Waals surface area contributed by atoms with E-state index in [0.29, 0.717) is 5.52 Å². The highest BCUT2D eigenvalue weighted by molar-refractivity contribution is 6.09. The van der Waals surface area contributed by atoms with E-state index in [1.165, 1.54) is 26.2 Å². The number of aromatic nitrogens is 1. The zero-order chi connectivity index (χ0) is 14.7. The SMILES string of the molecule is CN(C)C(=O)O/N=C(\C#N)c1nc2ccc(F)cc2o1. The Morgan fingerprint density at radius 3 is 2.95 bits per heavy atom. The number of halogens is 1. The number of oxime groups is 1. The van der Waals surface area contributed by atoms with E-state index in [1.54, 1.807) is 6.07 Å². The third-order valence-corrected chi connectivity index (χ3v) is 2.24. The van der Waals surface area contributed by atoms with Gasteiger partial charge in [0.15, 0.2) is 5.58 Å². The topological polar surface area (TPSA) is 91.7 Å². The molecule has 2 rings (SSSR count). The number of carbonyl (C=O) groups excluding carboxylic acids is 1. The number of hydrogen-bond acceptors (Lipinski definition) is 6. The Morgan fingerprint density at radius 2 is 2.30 bits per heavy atom.